The number of amides is 1. The molecule has 0 fully saturated rings. The highest BCUT2D eigenvalue weighted by atomic mass is 32.1. The number of halogens is 1. The molecule has 7 heteroatoms. The van der Waals surface area contributed by atoms with Crippen molar-refractivity contribution in [2.24, 2.45) is 5.73 Å². The van der Waals surface area contributed by atoms with E-state index >= 15 is 0 Å². The van der Waals surface area contributed by atoms with E-state index in [1.54, 1.807) is 35.7 Å². The molecular weight excluding hydrogens is 351 g/mol. The van der Waals surface area contributed by atoms with E-state index in [-0.39, 0.29) is 11.9 Å². The van der Waals surface area contributed by atoms with Crippen LogP contribution >= 0.6 is 11.3 Å². The van der Waals surface area contributed by atoms with Crippen LogP contribution in [0.5, 0.6) is 0 Å². The third-order valence-electron chi connectivity index (χ3n) is 4.46. The van der Waals surface area contributed by atoms with Crippen molar-refractivity contribution in [2.75, 3.05) is 5.32 Å². The average molecular weight is 368 g/mol. The molecular formula is C19H17FN4OS. The van der Waals surface area contributed by atoms with Crippen LogP contribution in [-0.2, 0) is 6.42 Å². The fraction of sp³-hybridized carbons (Fsp3) is 0.211. The zero-order valence-corrected chi connectivity index (χ0v) is 14.7. The maximum absolute atomic E-state index is 13.2. The first-order chi connectivity index (χ1) is 12.6. The van der Waals surface area contributed by atoms with E-state index in [0.717, 1.165) is 35.5 Å². The second kappa shape index (κ2) is 6.84. The summed E-state index contributed by atoms with van der Waals surface area (Å²) in [4.78, 5) is 21.6. The van der Waals surface area contributed by atoms with Gasteiger partial charge in [0.15, 0.2) is 0 Å². The Labute approximate surface area is 154 Å². The van der Waals surface area contributed by atoms with E-state index in [9.17, 15) is 9.18 Å². The minimum Gasteiger partial charge on any atom is -0.376 e. The maximum atomic E-state index is 13.2. The predicted molar refractivity (Wildman–Crippen MR) is 99.6 cm³/mol. The summed E-state index contributed by atoms with van der Waals surface area (Å²) in [5.41, 5.74) is 8.38. The highest BCUT2D eigenvalue weighted by Gasteiger charge is 2.26. The van der Waals surface area contributed by atoms with Crippen molar-refractivity contribution in [1.29, 1.82) is 0 Å². The molecule has 0 bridgehead atoms. The molecule has 4 rings (SSSR count). The topological polar surface area (TPSA) is 80.9 Å². The Morgan fingerprint density at radius 3 is 2.85 bits per heavy atom. The normalized spacial score (nSPS) is 16.1. The molecule has 26 heavy (non-hydrogen) atoms. The van der Waals surface area contributed by atoms with Gasteiger partial charge in [0.25, 0.3) is 5.91 Å². The predicted octanol–water partition coefficient (Wildman–Crippen LogP) is 3.93. The first-order valence-corrected chi connectivity index (χ1v) is 9.19. The fourth-order valence-corrected chi connectivity index (χ4v) is 4.35. The van der Waals surface area contributed by atoms with Gasteiger partial charge in [-0.25, -0.2) is 9.37 Å². The van der Waals surface area contributed by atoms with Crippen molar-refractivity contribution >= 4 is 22.9 Å². The number of hydrogen-bond acceptors (Lipinski definition) is 5. The molecule has 5 nitrogen and oxygen atoms in total. The van der Waals surface area contributed by atoms with E-state index in [2.05, 4.69) is 10.3 Å². The summed E-state index contributed by atoms with van der Waals surface area (Å²) in [5, 5.41) is 4.29. The Hall–Kier alpha value is -2.80. The SMILES string of the molecule is NC(=O)c1cnccc1NC1CCCc2sc(-c3ccc(F)cc3)nc21. The van der Waals surface area contributed by atoms with E-state index in [1.807, 2.05) is 0 Å². The van der Waals surface area contributed by atoms with Crippen molar-refractivity contribution in [2.45, 2.75) is 25.3 Å². The van der Waals surface area contributed by atoms with Gasteiger partial charge in [0.2, 0.25) is 0 Å². The number of anilines is 1. The number of aromatic nitrogens is 2. The molecule has 1 aromatic carbocycles. The van der Waals surface area contributed by atoms with Crippen LogP contribution in [0.4, 0.5) is 10.1 Å². The van der Waals surface area contributed by atoms with Crippen LogP contribution in [0.15, 0.2) is 42.7 Å². The van der Waals surface area contributed by atoms with Gasteiger partial charge in [0.05, 0.1) is 23.0 Å². The van der Waals surface area contributed by atoms with Gasteiger partial charge in [0, 0.05) is 22.8 Å². The number of rotatable bonds is 4. The Kier molecular flexibility index (Phi) is 4.38. The molecule has 0 saturated carbocycles. The van der Waals surface area contributed by atoms with Crippen LogP contribution in [0.25, 0.3) is 10.6 Å². The van der Waals surface area contributed by atoms with E-state index in [4.69, 9.17) is 10.7 Å². The lowest BCUT2D eigenvalue weighted by Crippen LogP contribution is -2.20. The van der Waals surface area contributed by atoms with Gasteiger partial charge in [-0.1, -0.05) is 0 Å². The largest absolute Gasteiger partial charge is 0.376 e. The standard InChI is InChI=1S/C19H17FN4OS/c20-12-6-4-11(5-7-12)19-24-17-15(2-1-3-16(17)26-19)23-14-8-9-22-10-13(14)18(21)25/h4-10,15H,1-3H2,(H2,21,25)(H,22,23). The number of carbonyl (C=O) groups excluding carboxylic acids is 1. The summed E-state index contributed by atoms with van der Waals surface area (Å²) in [5.74, 6) is -0.770. The van der Waals surface area contributed by atoms with Crippen LogP contribution in [0.2, 0.25) is 0 Å². The molecule has 0 spiro atoms. The molecule has 0 saturated heterocycles. The molecule has 1 aliphatic carbocycles. The van der Waals surface area contributed by atoms with Crippen molar-refractivity contribution in [3.05, 3.63) is 64.7 Å². The minimum absolute atomic E-state index is 0.00435. The van der Waals surface area contributed by atoms with Crippen molar-refractivity contribution in [3.63, 3.8) is 0 Å². The highest BCUT2D eigenvalue weighted by molar-refractivity contribution is 7.15. The van der Waals surface area contributed by atoms with E-state index in [0.29, 0.717) is 11.3 Å². The molecule has 1 atom stereocenters. The number of nitrogens with zero attached hydrogens (tertiary/aromatic N) is 2. The van der Waals surface area contributed by atoms with Crippen LogP contribution in [0, 0.1) is 5.82 Å². The lowest BCUT2D eigenvalue weighted by molar-refractivity contribution is 0.100. The van der Waals surface area contributed by atoms with Crippen LogP contribution in [-0.4, -0.2) is 15.9 Å². The van der Waals surface area contributed by atoms with Crippen molar-refractivity contribution in [3.8, 4) is 10.6 Å². The highest BCUT2D eigenvalue weighted by Crippen LogP contribution is 2.38. The third kappa shape index (κ3) is 3.17. The zero-order valence-electron chi connectivity index (χ0n) is 13.9. The van der Waals surface area contributed by atoms with E-state index < -0.39 is 5.91 Å². The number of fused-ring (bicyclic) bond motifs is 1. The molecule has 3 aromatic rings. The minimum atomic E-state index is -0.512. The van der Waals surface area contributed by atoms with Gasteiger partial charge in [-0.05, 0) is 49.6 Å². The Balaban J connectivity index is 1.66. The lowest BCUT2D eigenvalue weighted by Gasteiger charge is -2.24. The third-order valence-corrected chi connectivity index (χ3v) is 5.64. The molecule has 0 radical (unpaired) electrons. The van der Waals surface area contributed by atoms with Gasteiger partial charge >= 0.3 is 0 Å². The van der Waals surface area contributed by atoms with Gasteiger partial charge in [0.1, 0.15) is 10.8 Å². The number of primary amides is 1. The zero-order chi connectivity index (χ0) is 18.1. The number of benzene rings is 1. The summed E-state index contributed by atoms with van der Waals surface area (Å²) in [6.45, 7) is 0. The van der Waals surface area contributed by atoms with Crippen LogP contribution < -0.4 is 11.1 Å². The number of thiazole rings is 1. The Bertz CT molecular complexity index is 954. The second-order valence-corrected chi connectivity index (χ2v) is 7.29. The Morgan fingerprint density at radius 2 is 2.08 bits per heavy atom. The summed E-state index contributed by atoms with van der Waals surface area (Å²) >= 11 is 1.64. The molecule has 1 unspecified atom stereocenters. The number of nitrogens with one attached hydrogen (secondary N) is 1. The van der Waals surface area contributed by atoms with Crippen molar-refractivity contribution < 1.29 is 9.18 Å². The number of hydrogen-bond donors (Lipinski definition) is 2. The number of carbonyl (C=O) groups is 1. The lowest BCUT2D eigenvalue weighted by atomic mass is 9.97. The molecule has 0 aliphatic heterocycles. The summed E-state index contributed by atoms with van der Waals surface area (Å²) in [7, 11) is 0. The molecule has 2 aromatic heterocycles. The molecule has 1 aliphatic rings. The summed E-state index contributed by atoms with van der Waals surface area (Å²) in [6.07, 6.45) is 6.03. The van der Waals surface area contributed by atoms with Gasteiger partial charge in [-0.2, -0.15) is 0 Å². The first-order valence-electron chi connectivity index (χ1n) is 8.37. The maximum Gasteiger partial charge on any atom is 0.252 e. The van der Waals surface area contributed by atoms with Gasteiger partial charge in [-0.15, -0.1) is 11.3 Å². The fourth-order valence-electron chi connectivity index (χ4n) is 3.18. The monoisotopic (exact) mass is 368 g/mol. The smallest absolute Gasteiger partial charge is 0.252 e. The number of nitrogens with two attached hydrogens (primary N) is 1. The van der Waals surface area contributed by atoms with Gasteiger partial charge < -0.3 is 11.1 Å². The first kappa shape index (κ1) is 16.7. The van der Waals surface area contributed by atoms with Crippen LogP contribution in [0.3, 0.4) is 0 Å². The quantitative estimate of drug-likeness (QED) is 0.731. The summed E-state index contributed by atoms with van der Waals surface area (Å²) < 4.78 is 13.2. The Morgan fingerprint density at radius 1 is 1.27 bits per heavy atom. The van der Waals surface area contributed by atoms with Crippen molar-refractivity contribution in [1.82, 2.24) is 9.97 Å². The molecule has 2 heterocycles. The van der Waals surface area contributed by atoms with Crippen LogP contribution in [0.1, 0.15) is 39.8 Å². The molecule has 3 N–H and O–H groups in total. The number of aryl methyl sites for hydroxylation is 1. The second-order valence-electron chi connectivity index (χ2n) is 6.21. The van der Waals surface area contributed by atoms with E-state index in [1.165, 1.54) is 23.2 Å². The number of pyridine rings is 1. The molecule has 132 valence electrons. The summed E-state index contributed by atoms with van der Waals surface area (Å²) in [6, 6.07) is 8.14. The van der Waals surface area contributed by atoms with Gasteiger partial charge in [-0.3, -0.25) is 9.78 Å². The molecule has 1 amide bonds. The average Bonchev–Trinajstić information content (AvgIpc) is 3.08.